The van der Waals surface area contributed by atoms with Crippen LogP contribution in [0, 0.1) is 11.6 Å². The minimum atomic E-state index is -0.919. The third-order valence-electron chi connectivity index (χ3n) is 4.76. The van der Waals surface area contributed by atoms with Crippen molar-refractivity contribution in [3.63, 3.8) is 0 Å². The molecule has 28 heavy (non-hydrogen) atoms. The number of aromatic nitrogens is 3. The lowest BCUT2D eigenvalue weighted by Gasteiger charge is -2.11. The van der Waals surface area contributed by atoms with Crippen molar-refractivity contribution in [3.8, 4) is 16.9 Å². The molecule has 3 aromatic carbocycles. The van der Waals surface area contributed by atoms with Gasteiger partial charge in [-0.25, -0.2) is 18.7 Å². The second-order valence-corrected chi connectivity index (χ2v) is 6.50. The Labute approximate surface area is 158 Å². The second kappa shape index (κ2) is 6.13. The third-order valence-corrected chi connectivity index (χ3v) is 4.76. The smallest absolute Gasteiger partial charge is 0.160 e. The summed E-state index contributed by atoms with van der Waals surface area (Å²) in [7, 11) is 0. The van der Waals surface area contributed by atoms with Gasteiger partial charge in [-0.2, -0.15) is 0 Å². The van der Waals surface area contributed by atoms with Crippen LogP contribution in [0.15, 0.2) is 73.1 Å². The van der Waals surface area contributed by atoms with Crippen molar-refractivity contribution in [1.82, 2.24) is 14.5 Å². The summed E-state index contributed by atoms with van der Waals surface area (Å²) in [6.45, 7) is 0. The fourth-order valence-electron chi connectivity index (χ4n) is 3.44. The number of halogens is 2. The van der Waals surface area contributed by atoms with E-state index >= 15 is 0 Å². The van der Waals surface area contributed by atoms with Crippen molar-refractivity contribution in [2.45, 2.75) is 0 Å². The number of nitrogen functional groups attached to an aromatic ring is 1. The minimum Gasteiger partial charge on any atom is -0.398 e. The standard InChI is InChI=1S/C22H14F2N4/c23-15-7-6-14(10-16(15)24)28-12-26-19-9-8-18-21(22(19)28)17(25)11-20(27-18)13-4-2-1-3-5-13/h1-12H,(H2,25,27). The molecule has 2 aromatic heterocycles. The van der Waals surface area contributed by atoms with Crippen LogP contribution >= 0.6 is 0 Å². The highest BCUT2D eigenvalue weighted by Crippen LogP contribution is 2.33. The zero-order chi connectivity index (χ0) is 19.3. The van der Waals surface area contributed by atoms with Gasteiger partial charge in [-0.15, -0.1) is 0 Å². The van der Waals surface area contributed by atoms with Gasteiger partial charge in [0.1, 0.15) is 6.33 Å². The Morgan fingerprint density at radius 2 is 1.61 bits per heavy atom. The Balaban J connectivity index is 1.80. The molecule has 0 saturated carbocycles. The van der Waals surface area contributed by atoms with Gasteiger partial charge in [0, 0.05) is 22.7 Å². The zero-order valence-electron chi connectivity index (χ0n) is 14.6. The fraction of sp³-hybridized carbons (Fsp3) is 0. The van der Waals surface area contributed by atoms with Gasteiger partial charge in [0.05, 0.1) is 27.9 Å². The van der Waals surface area contributed by atoms with Gasteiger partial charge in [-0.1, -0.05) is 30.3 Å². The fourth-order valence-corrected chi connectivity index (χ4v) is 3.44. The number of fused-ring (bicyclic) bond motifs is 3. The van der Waals surface area contributed by atoms with Crippen LogP contribution in [-0.4, -0.2) is 14.5 Å². The van der Waals surface area contributed by atoms with E-state index in [-0.39, 0.29) is 0 Å². The first-order valence-electron chi connectivity index (χ1n) is 8.69. The Kier molecular flexibility index (Phi) is 3.58. The molecule has 0 aliphatic rings. The van der Waals surface area contributed by atoms with Crippen molar-refractivity contribution in [2.75, 3.05) is 5.73 Å². The average Bonchev–Trinajstić information content (AvgIpc) is 3.14. The van der Waals surface area contributed by atoms with Crippen LogP contribution in [0.2, 0.25) is 0 Å². The number of rotatable bonds is 2. The number of imidazole rings is 1. The van der Waals surface area contributed by atoms with Crippen LogP contribution in [0.25, 0.3) is 38.9 Å². The summed E-state index contributed by atoms with van der Waals surface area (Å²) in [4.78, 5) is 9.13. The van der Waals surface area contributed by atoms with Gasteiger partial charge < -0.3 is 5.73 Å². The van der Waals surface area contributed by atoms with Crippen molar-refractivity contribution >= 4 is 27.6 Å². The summed E-state index contributed by atoms with van der Waals surface area (Å²) < 4.78 is 28.8. The van der Waals surface area contributed by atoms with Crippen LogP contribution in [0.4, 0.5) is 14.5 Å². The molecule has 5 aromatic rings. The number of nitrogens with two attached hydrogens (primary N) is 1. The first-order chi connectivity index (χ1) is 13.6. The Bertz CT molecular complexity index is 1340. The maximum Gasteiger partial charge on any atom is 0.160 e. The van der Waals surface area contributed by atoms with Crippen molar-refractivity contribution < 1.29 is 8.78 Å². The van der Waals surface area contributed by atoms with Crippen molar-refractivity contribution in [2.24, 2.45) is 0 Å². The van der Waals surface area contributed by atoms with E-state index in [1.54, 1.807) is 10.9 Å². The number of nitrogens with zero attached hydrogens (tertiary/aromatic N) is 3. The lowest BCUT2D eigenvalue weighted by Crippen LogP contribution is -1.98. The zero-order valence-corrected chi connectivity index (χ0v) is 14.6. The molecular formula is C22H14F2N4. The summed E-state index contributed by atoms with van der Waals surface area (Å²) in [5.74, 6) is -1.82. The van der Waals surface area contributed by atoms with Gasteiger partial charge in [0.15, 0.2) is 11.6 Å². The van der Waals surface area contributed by atoms with E-state index in [4.69, 9.17) is 10.7 Å². The van der Waals surface area contributed by atoms with E-state index < -0.39 is 11.6 Å². The molecule has 136 valence electrons. The Morgan fingerprint density at radius 3 is 2.39 bits per heavy atom. The van der Waals surface area contributed by atoms with E-state index in [1.165, 1.54) is 6.07 Å². The molecule has 5 rings (SSSR count). The predicted octanol–water partition coefficient (Wildman–Crippen LogP) is 5.10. The SMILES string of the molecule is Nc1cc(-c2ccccc2)nc2ccc3ncn(-c4ccc(F)c(F)c4)c3c12. The van der Waals surface area contributed by atoms with Crippen molar-refractivity contribution in [1.29, 1.82) is 0 Å². The molecule has 4 nitrogen and oxygen atoms in total. The van der Waals surface area contributed by atoms with Crippen LogP contribution in [-0.2, 0) is 0 Å². The first kappa shape index (κ1) is 16.4. The van der Waals surface area contributed by atoms with E-state index in [0.717, 1.165) is 28.8 Å². The molecule has 2 heterocycles. The molecule has 0 fully saturated rings. The molecule has 0 aliphatic heterocycles. The highest BCUT2D eigenvalue weighted by atomic mass is 19.2. The molecule has 0 saturated heterocycles. The van der Waals surface area contributed by atoms with Gasteiger partial charge in [0.2, 0.25) is 0 Å². The maximum absolute atomic E-state index is 13.8. The molecule has 6 heteroatoms. The number of anilines is 1. The van der Waals surface area contributed by atoms with Gasteiger partial charge in [0.25, 0.3) is 0 Å². The van der Waals surface area contributed by atoms with Gasteiger partial charge in [-0.3, -0.25) is 4.57 Å². The third kappa shape index (κ3) is 2.50. The normalized spacial score (nSPS) is 11.4. The minimum absolute atomic E-state index is 0.459. The molecule has 0 atom stereocenters. The molecule has 0 aliphatic carbocycles. The monoisotopic (exact) mass is 372 g/mol. The highest BCUT2D eigenvalue weighted by Gasteiger charge is 2.15. The molecule has 2 N–H and O–H groups in total. The Morgan fingerprint density at radius 1 is 0.821 bits per heavy atom. The lowest BCUT2D eigenvalue weighted by atomic mass is 10.1. The molecule has 0 spiro atoms. The molecular weight excluding hydrogens is 358 g/mol. The van der Waals surface area contributed by atoms with Gasteiger partial charge >= 0.3 is 0 Å². The number of hydrogen-bond acceptors (Lipinski definition) is 3. The van der Waals surface area contributed by atoms with E-state index in [1.807, 2.05) is 48.5 Å². The first-order valence-corrected chi connectivity index (χ1v) is 8.69. The molecule has 0 radical (unpaired) electrons. The predicted molar refractivity (Wildman–Crippen MR) is 106 cm³/mol. The lowest BCUT2D eigenvalue weighted by molar-refractivity contribution is 0.508. The average molecular weight is 372 g/mol. The quantitative estimate of drug-likeness (QED) is 0.469. The largest absolute Gasteiger partial charge is 0.398 e. The van der Waals surface area contributed by atoms with Crippen LogP contribution in [0.5, 0.6) is 0 Å². The van der Waals surface area contributed by atoms with E-state index in [0.29, 0.717) is 27.9 Å². The summed E-state index contributed by atoms with van der Waals surface area (Å²) in [6, 6.07) is 19.0. The van der Waals surface area contributed by atoms with Gasteiger partial charge in [-0.05, 0) is 30.3 Å². The highest BCUT2D eigenvalue weighted by molar-refractivity contribution is 6.10. The van der Waals surface area contributed by atoms with Crippen LogP contribution in [0.1, 0.15) is 0 Å². The summed E-state index contributed by atoms with van der Waals surface area (Å²) in [5.41, 5.74) is 11.2. The topological polar surface area (TPSA) is 56.7 Å². The number of pyridine rings is 1. The van der Waals surface area contributed by atoms with Crippen molar-refractivity contribution in [3.05, 3.63) is 84.7 Å². The summed E-state index contributed by atoms with van der Waals surface area (Å²) in [6.07, 6.45) is 1.57. The number of hydrogen-bond donors (Lipinski definition) is 1. The molecule has 0 bridgehead atoms. The molecule has 0 unspecified atom stereocenters. The van der Waals surface area contributed by atoms with E-state index in [9.17, 15) is 8.78 Å². The second-order valence-electron chi connectivity index (χ2n) is 6.50. The molecule has 0 amide bonds. The maximum atomic E-state index is 13.8. The number of benzene rings is 3. The van der Waals surface area contributed by atoms with E-state index in [2.05, 4.69) is 4.98 Å². The summed E-state index contributed by atoms with van der Waals surface area (Å²) in [5, 5.41) is 0.722. The summed E-state index contributed by atoms with van der Waals surface area (Å²) >= 11 is 0. The Hall–Kier alpha value is -3.80. The van der Waals surface area contributed by atoms with Crippen LogP contribution < -0.4 is 5.73 Å². The van der Waals surface area contributed by atoms with Crippen LogP contribution in [0.3, 0.4) is 0 Å².